The molecular formula is C18H22N4OS2. The molecule has 0 saturated carbocycles. The third-order valence-electron chi connectivity index (χ3n) is 4.15. The van der Waals surface area contributed by atoms with Crippen LogP contribution in [-0.2, 0) is 4.74 Å². The minimum atomic E-state index is 0.481. The van der Waals surface area contributed by atoms with Gasteiger partial charge in [-0.25, -0.2) is 0 Å². The van der Waals surface area contributed by atoms with Crippen LogP contribution in [0.3, 0.4) is 0 Å². The molecule has 132 valence electrons. The predicted molar refractivity (Wildman–Crippen MR) is 110 cm³/mol. The SMILES string of the molecule is Cc1cccc(NC(=S)N/N=C/c2ccc(N3CCOCC3)s2)c1C. The third kappa shape index (κ3) is 4.78. The van der Waals surface area contributed by atoms with Crippen LogP contribution in [0.5, 0.6) is 0 Å². The normalized spacial score (nSPS) is 14.7. The first kappa shape index (κ1) is 17.8. The van der Waals surface area contributed by atoms with Gasteiger partial charge in [0.1, 0.15) is 0 Å². The highest BCUT2D eigenvalue weighted by molar-refractivity contribution is 7.80. The smallest absolute Gasteiger partial charge is 0.191 e. The molecule has 1 aliphatic rings. The zero-order valence-corrected chi connectivity index (χ0v) is 16.0. The summed E-state index contributed by atoms with van der Waals surface area (Å²) in [5.74, 6) is 0. The molecule has 2 aromatic rings. The molecule has 1 aliphatic heterocycles. The third-order valence-corrected chi connectivity index (χ3v) is 5.42. The largest absolute Gasteiger partial charge is 0.378 e. The fourth-order valence-electron chi connectivity index (χ4n) is 2.56. The highest BCUT2D eigenvalue weighted by Gasteiger charge is 2.12. The van der Waals surface area contributed by atoms with Gasteiger partial charge in [0, 0.05) is 23.7 Å². The number of aryl methyl sites for hydroxylation is 1. The van der Waals surface area contributed by atoms with Crippen molar-refractivity contribution in [3.05, 3.63) is 46.3 Å². The molecule has 0 bridgehead atoms. The molecule has 1 saturated heterocycles. The van der Waals surface area contributed by atoms with Crippen molar-refractivity contribution in [2.75, 3.05) is 36.5 Å². The van der Waals surface area contributed by atoms with E-state index in [0.717, 1.165) is 36.9 Å². The maximum Gasteiger partial charge on any atom is 0.191 e. The zero-order chi connectivity index (χ0) is 17.6. The van der Waals surface area contributed by atoms with Crippen LogP contribution in [0.1, 0.15) is 16.0 Å². The number of nitrogens with one attached hydrogen (secondary N) is 2. The van der Waals surface area contributed by atoms with Crippen molar-refractivity contribution in [3.63, 3.8) is 0 Å². The topological polar surface area (TPSA) is 48.9 Å². The molecule has 2 N–H and O–H groups in total. The lowest BCUT2D eigenvalue weighted by Gasteiger charge is -2.27. The average molecular weight is 375 g/mol. The van der Waals surface area contributed by atoms with E-state index < -0.39 is 0 Å². The predicted octanol–water partition coefficient (Wildman–Crippen LogP) is 3.52. The average Bonchev–Trinajstić information content (AvgIpc) is 3.09. The van der Waals surface area contributed by atoms with Gasteiger partial charge in [0.15, 0.2) is 5.11 Å². The van der Waals surface area contributed by atoms with Crippen molar-refractivity contribution >= 4 is 45.6 Å². The van der Waals surface area contributed by atoms with Gasteiger partial charge in [0.2, 0.25) is 0 Å². The molecule has 0 aliphatic carbocycles. The fraction of sp³-hybridized carbons (Fsp3) is 0.333. The number of benzene rings is 1. The number of hydrogen-bond acceptors (Lipinski definition) is 5. The van der Waals surface area contributed by atoms with Crippen molar-refractivity contribution in [1.82, 2.24) is 5.43 Å². The van der Waals surface area contributed by atoms with Crippen LogP contribution in [0.15, 0.2) is 35.4 Å². The summed E-state index contributed by atoms with van der Waals surface area (Å²) in [4.78, 5) is 3.43. The van der Waals surface area contributed by atoms with Gasteiger partial charge < -0.3 is 15.0 Å². The van der Waals surface area contributed by atoms with Crippen LogP contribution < -0.4 is 15.6 Å². The lowest BCUT2D eigenvalue weighted by atomic mass is 10.1. The van der Waals surface area contributed by atoms with Crippen molar-refractivity contribution in [1.29, 1.82) is 0 Å². The number of ether oxygens (including phenoxy) is 1. The molecule has 5 nitrogen and oxygen atoms in total. The summed E-state index contributed by atoms with van der Waals surface area (Å²) < 4.78 is 5.39. The Balaban J connectivity index is 1.53. The Labute approximate surface area is 157 Å². The molecule has 3 rings (SSSR count). The Hall–Kier alpha value is -1.96. The van der Waals surface area contributed by atoms with E-state index in [-0.39, 0.29) is 0 Å². The number of hydrogen-bond donors (Lipinski definition) is 2. The van der Waals surface area contributed by atoms with E-state index in [4.69, 9.17) is 17.0 Å². The summed E-state index contributed by atoms with van der Waals surface area (Å²) in [6, 6.07) is 10.3. The number of rotatable bonds is 4. The fourth-order valence-corrected chi connectivity index (χ4v) is 3.65. The summed E-state index contributed by atoms with van der Waals surface area (Å²) >= 11 is 7.02. The van der Waals surface area contributed by atoms with E-state index in [2.05, 4.69) is 52.8 Å². The van der Waals surface area contributed by atoms with Gasteiger partial charge >= 0.3 is 0 Å². The van der Waals surface area contributed by atoms with E-state index in [1.807, 2.05) is 12.1 Å². The van der Waals surface area contributed by atoms with E-state index in [9.17, 15) is 0 Å². The van der Waals surface area contributed by atoms with Crippen LogP contribution in [0.25, 0.3) is 0 Å². The van der Waals surface area contributed by atoms with Crippen molar-refractivity contribution in [2.24, 2.45) is 5.10 Å². The summed E-state index contributed by atoms with van der Waals surface area (Å²) in [5, 5.41) is 9.15. The number of nitrogens with zero attached hydrogens (tertiary/aromatic N) is 2. The molecule has 7 heteroatoms. The summed E-state index contributed by atoms with van der Waals surface area (Å²) in [6.07, 6.45) is 1.80. The number of anilines is 2. The lowest BCUT2D eigenvalue weighted by molar-refractivity contribution is 0.123. The Bertz CT molecular complexity index is 766. The molecule has 0 atom stereocenters. The van der Waals surface area contributed by atoms with E-state index in [1.54, 1.807) is 17.6 Å². The molecule has 0 amide bonds. The highest BCUT2D eigenvalue weighted by atomic mass is 32.1. The molecule has 1 fully saturated rings. The molecule has 1 aromatic heterocycles. The molecule has 0 radical (unpaired) electrons. The molecule has 25 heavy (non-hydrogen) atoms. The van der Waals surface area contributed by atoms with Gasteiger partial charge in [0.05, 0.1) is 24.4 Å². The highest BCUT2D eigenvalue weighted by Crippen LogP contribution is 2.25. The second-order valence-corrected chi connectivity index (χ2v) is 7.35. The molecule has 1 aromatic carbocycles. The Morgan fingerprint density at radius 3 is 2.84 bits per heavy atom. The number of hydrazone groups is 1. The Morgan fingerprint density at radius 2 is 2.04 bits per heavy atom. The summed E-state index contributed by atoms with van der Waals surface area (Å²) in [7, 11) is 0. The van der Waals surface area contributed by atoms with Gasteiger partial charge in [-0.2, -0.15) is 5.10 Å². The van der Waals surface area contributed by atoms with Crippen LogP contribution in [-0.4, -0.2) is 37.6 Å². The molecule has 0 unspecified atom stereocenters. The minimum Gasteiger partial charge on any atom is -0.378 e. The number of morpholine rings is 1. The van der Waals surface area contributed by atoms with Crippen LogP contribution in [0.2, 0.25) is 0 Å². The van der Waals surface area contributed by atoms with E-state index in [1.165, 1.54) is 16.1 Å². The number of thiophene rings is 1. The first-order valence-corrected chi connectivity index (χ1v) is 9.45. The minimum absolute atomic E-state index is 0.481. The zero-order valence-electron chi connectivity index (χ0n) is 14.4. The van der Waals surface area contributed by atoms with Crippen LogP contribution in [0, 0.1) is 13.8 Å². The second kappa shape index (κ2) is 8.42. The van der Waals surface area contributed by atoms with Crippen LogP contribution in [0.4, 0.5) is 10.7 Å². The van der Waals surface area contributed by atoms with Gasteiger partial charge in [0.25, 0.3) is 0 Å². The van der Waals surface area contributed by atoms with Crippen molar-refractivity contribution in [3.8, 4) is 0 Å². The van der Waals surface area contributed by atoms with Crippen molar-refractivity contribution in [2.45, 2.75) is 13.8 Å². The first-order chi connectivity index (χ1) is 12.1. The van der Waals surface area contributed by atoms with Gasteiger partial charge in [-0.15, -0.1) is 11.3 Å². The van der Waals surface area contributed by atoms with Gasteiger partial charge in [-0.1, -0.05) is 12.1 Å². The second-order valence-electron chi connectivity index (χ2n) is 5.85. The van der Waals surface area contributed by atoms with E-state index in [0.29, 0.717) is 5.11 Å². The lowest BCUT2D eigenvalue weighted by Crippen LogP contribution is -2.35. The van der Waals surface area contributed by atoms with Gasteiger partial charge in [-0.3, -0.25) is 5.43 Å². The molecular weight excluding hydrogens is 352 g/mol. The van der Waals surface area contributed by atoms with Gasteiger partial charge in [-0.05, 0) is 55.4 Å². The maximum absolute atomic E-state index is 5.39. The number of thiocarbonyl (C=S) groups is 1. The Morgan fingerprint density at radius 1 is 1.24 bits per heavy atom. The monoisotopic (exact) mass is 374 g/mol. The Kier molecular flexibility index (Phi) is 6.01. The maximum atomic E-state index is 5.39. The quantitative estimate of drug-likeness (QED) is 0.487. The summed E-state index contributed by atoms with van der Waals surface area (Å²) in [5.41, 5.74) is 6.29. The summed E-state index contributed by atoms with van der Waals surface area (Å²) in [6.45, 7) is 7.63. The van der Waals surface area contributed by atoms with E-state index >= 15 is 0 Å². The first-order valence-electron chi connectivity index (χ1n) is 8.22. The van der Waals surface area contributed by atoms with Crippen LogP contribution >= 0.6 is 23.6 Å². The standard InChI is InChI=1S/C18H22N4OS2/c1-13-4-3-5-16(14(13)2)20-18(24)21-19-12-15-6-7-17(25-15)22-8-10-23-11-9-22/h3-7,12H,8-11H2,1-2H3,(H2,20,21,24)/b19-12+. The molecule has 2 heterocycles. The molecule has 0 spiro atoms. The van der Waals surface area contributed by atoms with Crippen molar-refractivity contribution < 1.29 is 4.74 Å².